The van der Waals surface area contributed by atoms with E-state index in [0.717, 1.165) is 30.2 Å². The summed E-state index contributed by atoms with van der Waals surface area (Å²) in [5.74, 6) is -1.29. The summed E-state index contributed by atoms with van der Waals surface area (Å²) in [6.07, 6.45) is 9.12. The lowest BCUT2D eigenvalue weighted by Gasteiger charge is -2.35. The highest BCUT2D eigenvalue weighted by atomic mass is 32.2. The van der Waals surface area contributed by atoms with Crippen LogP contribution in [0, 0.1) is 10.6 Å². The van der Waals surface area contributed by atoms with Crippen molar-refractivity contribution in [3.8, 4) is 17.1 Å². The molecule has 196 valence electrons. The summed E-state index contributed by atoms with van der Waals surface area (Å²) < 4.78 is 29.6. The monoisotopic (exact) mass is 527 g/mol. The minimum absolute atomic E-state index is 0.152. The van der Waals surface area contributed by atoms with Crippen molar-refractivity contribution < 1.29 is 13.5 Å². The van der Waals surface area contributed by atoms with Gasteiger partial charge in [-0.05, 0) is 55.1 Å². The fourth-order valence-corrected chi connectivity index (χ4v) is 6.09. The Labute approximate surface area is 219 Å². The van der Waals surface area contributed by atoms with Crippen molar-refractivity contribution in [2.24, 2.45) is 5.41 Å². The maximum atomic E-state index is 13.6. The fourth-order valence-electron chi connectivity index (χ4n) is 5.40. The van der Waals surface area contributed by atoms with E-state index < -0.39 is 5.92 Å². The molecule has 1 aromatic carbocycles. The van der Waals surface area contributed by atoms with Gasteiger partial charge in [-0.1, -0.05) is 12.1 Å². The topological polar surface area (TPSA) is 77.0 Å². The van der Waals surface area contributed by atoms with Crippen LogP contribution in [0.4, 0.5) is 20.3 Å². The van der Waals surface area contributed by atoms with E-state index >= 15 is 0 Å². The number of piperidine rings is 2. The molecule has 37 heavy (non-hydrogen) atoms. The van der Waals surface area contributed by atoms with Crippen molar-refractivity contribution >= 4 is 23.3 Å². The molecule has 0 unspecified atom stereocenters. The van der Waals surface area contributed by atoms with Gasteiger partial charge in [0, 0.05) is 43.9 Å². The van der Waals surface area contributed by atoms with Gasteiger partial charge in [-0.15, -0.1) is 16.9 Å². The average Bonchev–Trinajstić information content (AvgIpc) is 3.44. The number of benzene rings is 1. The zero-order valence-electron chi connectivity index (χ0n) is 20.9. The van der Waals surface area contributed by atoms with Crippen molar-refractivity contribution in [3.05, 3.63) is 42.0 Å². The highest BCUT2D eigenvalue weighted by Gasteiger charge is 2.44. The molecular formula is C26H31F2N7OS. The highest BCUT2D eigenvalue weighted by molar-refractivity contribution is 7.99. The van der Waals surface area contributed by atoms with Gasteiger partial charge in [-0.25, -0.2) is 18.4 Å². The van der Waals surface area contributed by atoms with E-state index in [1.54, 1.807) is 15.8 Å². The van der Waals surface area contributed by atoms with Crippen LogP contribution in [0.3, 0.4) is 0 Å². The maximum absolute atomic E-state index is 13.6. The third-order valence-electron chi connectivity index (χ3n) is 7.93. The number of rotatable bonds is 6. The Balaban J connectivity index is 1.29. The third kappa shape index (κ3) is 5.10. The first-order chi connectivity index (χ1) is 17.8. The molecule has 2 aromatic heterocycles. The summed E-state index contributed by atoms with van der Waals surface area (Å²) >= 11 is 1.82. The summed E-state index contributed by atoms with van der Waals surface area (Å²) in [6.45, 7) is 4.52. The van der Waals surface area contributed by atoms with Crippen LogP contribution >= 0.6 is 11.8 Å². The van der Waals surface area contributed by atoms with E-state index in [2.05, 4.69) is 45.3 Å². The van der Waals surface area contributed by atoms with E-state index in [4.69, 9.17) is 0 Å². The first-order valence-corrected chi connectivity index (χ1v) is 14.0. The van der Waals surface area contributed by atoms with E-state index in [0.29, 0.717) is 27.4 Å². The van der Waals surface area contributed by atoms with Crippen LogP contribution in [0.25, 0.3) is 17.1 Å². The molecule has 4 heterocycles. The summed E-state index contributed by atoms with van der Waals surface area (Å²) in [5, 5.41) is 21.1. The van der Waals surface area contributed by atoms with Gasteiger partial charge >= 0.3 is 0 Å². The van der Waals surface area contributed by atoms with Crippen LogP contribution in [0.1, 0.15) is 45.4 Å². The first kappa shape index (κ1) is 24.4. The minimum Gasteiger partial charge on any atom is -0.619 e. The number of hydrogen-bond donors (Lipinski definition) is 0. The smallest absolute Gasteiger partial charge is 0.251 e. The van der Waals surface area contributed by atoms with Crippen LogP contribution in [0.2, 0.25) is 0 Å². The van der Waals surface area contributed by atoms with Crippen LogP contribution in [0.5, 0.6) is 0 Å². The van der Waals surface area contributed by atoms with E-state index in [1.165, 1.54) is 43.0 Å². The number of hydrogen-bond acceptors (Lipinski definition) is 7. The third-order valence-corrected chi connectivity index (χ3v) is 8.80. The van der Waals surface area contributed by atoms with Gasteiger partial charge < -0.3 is 15.0 Å². The second-order valence-electron chi connectivity index (χ2n) is 10.4. The molecule has 6 rings (SSSR count). The first-order valence-electron chi connectivity index (χ1n) is 13.0. The number of thioether (sulfide) groups is 1. The Kier molecular flexibility index (Phi) is 6.21. The Hall–Kier alpha value is -2.95. The predicted octanol–water partition coefficient (Wildman–Crippen LogP) is 4.69. The van der Waals surface area contributed by atoms with Crippen molar-refractivity contribution in [1.29, 1.82) is 0 Å². The molecule has 0 amide bonds. The average molecular weight is 528 g/mol. The van der Waals surface area contributed by atoms with E-state index in [1.807, 2.05) is 11.8 Å². The quantitative estimate of drug-likeness (QED) is 0.261. The molecule has 0 bridgehead atoms. The van der Waals surface area contributed by atoms with Gasteiger partial charge in [0.1, 0.15) is 5.69 Å². The number of halogens is 2. The van der Waals surface area contributed by atoms with Gasteiger partial charge in [0.25, 0.3) is 5.92 Å². The number of anilines is 2. The Morgan fingerprint density at radius 3 is 2.38 bits per heavy atom. The van der Waals surface area contributed by atoms with Gasteiger partial charge in [0.05, 0.1) is 17.6 Å². The van der Waals surface area contributed by atoms with E-state index in [9.17, 15) is 14.0 Å². The normalized spacial score (nSPS) is 20.4. The molecule has 3 fully saturated rings. The van der Waals surface area contributed by atoms with Crippen molar-refractivity contribution in [1.82, 2.24) is 20.0 Å². The molecule has 3 aliphatic rings. The van der Waals surface area contributed by atoms with Crippen molar-refractivity contribution in [3.63, 3.8) is 0 Å². The molecule has 1 aliphatic carbocycles. The second-order valence-corrected chi connectivity index (χ2v) is 11.8. The SMILES string of the molecule is CCSc1ccc(-n2cc(-c3c[n+]([O-])cc(N4CCC(F)(F)CC4)n3)nn2)c(N2CCC3(CC2)CC3)c1. The molecule has 1 spiro atoms. The predicted molar refractivity (Wildman–Crippen MR) is 139 cm³/mol. The summed E-state index contributed by atoms with van der Waals surface area (Å²) in [6, 6.07) is 6.43. The molecule has 8 nitrogen and oxygen atoms in total. The Morgan fingerprint density at radius 1 is 0.946 bits per heavy atom. The fraction of sp³-hybridized carbons (Fsp3) is 0.538. The molecular weight excluding hydrogens is 496 g/mol. The largest absolute Gasteiger partial charge is 0.619 e. The van der Waals surface area contributed by atoms with Crippen molar-refractivity contribution in [2.75, 3.05) is 41.7 Å². The number of nitrogens with zero attached hydrogens (tertiary/aromatic N) is 7. The van der Waals surface area contributed by atoms with Crippen LogP contribution < -0.4 is 14.5 Å². The molecule has 0 N–H and O–H groups in total. The minimum atomic E-state index is -2.67. The molecule has 3 aromatic rings. The molecule has 11 heteroatoms. The molecule has 0 atom stereocenters. The Bertz CT molecular complexity index is 1280. The zero-order valence-corrected chi connectivity index (χ0v) is 21.8. The lowest BCUT2D eigenvalue weighted by atomic mass is 9.93. The summed E-state index contributed by atoms with van der Waals surface area (Å²) in [7, 11) is 0. The molecule has 1 saturated carbocycles. The van der Waals surface area contributed by atoms with Crippen molar-refractivity contribution in [2.45, 2.75) is 56.3 Å². The zero-order chi connectivity index (χ0) is 25.6. The lowest BCUT2D eigenvalue weighted by molar-refractivity contribution is -0.604. The van der Waals surface area contributed by atoms with Gasteiger partial charge in [0.2, 0.25) is 12.4 Å². The van der Waals surface area contributed by atoms with Gasteiger partial charge in [-0.2, -0.15) is 4.73 Å². The second kappa shape index (κ2) is 9.41. The van der Waals surface area contributed by atoms with Crippen LogP contribution in [0.15, 0.2) is 41.7 Å². The lowest BCUT2D eigenvalue weighted by Crippen LogP contribution is -2.41. The van der Waals surface area contributed by atoms with Crippen LogP contribution in [-0.2, 0) is 0 Å². The number of aromatic nitrogens is 5. The molecule has 2 aliphatic heterocycles. The maximum Gasteiger partial charge on any atom is 0.251 e. The molecule has 0 radical (unpaired) electrons. The number of alkyl halides is 2. The Morgan fingerprint density at radius 2 is 1.68 bits per heavy atom. The van der Waals surface area contributed by atoms with E-state index in [-0.39, 0.29) is 25.9 Å². The summed E-state index contributed by atoms with van der Waals surface area (Å²) in [4.78, 5) is 9.99. The van der Waals surface area contributed by atoms with Gasteiger partial charge in [0.15, 0.2) is 11.5 Å². The molecule has 2 saturated heterocycles. The standard InChI is InChI=1S/C26H31F2N7OS/c1-2-37-19-3-4-22(23(15-19)32-11-7-25(5-6-25)8-12-32)35-17-21(30-31-35)20-16-34(36)18-24(29-20)33-13-9-26(27,28)10-14-33/h3-4,15-18H,2,5-14H2,1H3. The van der Waals surface area contributed by atoms with Gasteiger partial charge in [-0.3, -0.25) is 0 Å². The summed E-state index contributed by atoms with van der Waals surface area (Å²) in [5.41, 5.74) is 3.49. The highest BCUT2D eigenvalue weighted by Crippen LogP contribution is 2.54. The van der Waals surface area contributed by atoms with Crippen LogP contribution in [-0.4, -0.2) is 57.8 Å².